The lowest BCUT2D eigenvalue weighted by atomic mass is 10.2. The molecule has 2 aromatic heterocycles. The van der Waals surface area contributed by atoms with E-state index in [0.717, 1.165) is 12.8 Å². The van der Waals surface area contributed by atoms with E-state index in [1.165, 1.54) is 6.07 Å². The number of rotatable bonds is 6. The highest BCUT2D eigenvalue weighted by Crippen LogP contribution is 2.37. The standard InChI is InChI=1S/C16H16N4O4S/c21-15-7-11(18-16(19-15)10-5-6-10)8-17-25(22,23)9-13-12-3-1-2-4-14(12)24-20-13/h1-4,7,10,17H,5-6,8-9H2,(H,18,19,21). The summed E-state index contributed by atoms with van der Waals surface area (Å²) >= 11 is 0. The molecule has 3 aromatic rings. The average Bonchev–Trinajstić information content (AvgIpc) is 3.36. The van der Waals surface area contributed by atoms with Crippen molar-refractivity contribution in [2.75, 3.05) is 0 Å². The van der Waals surface area contributed by atoms with Gasteiger partial charge in [-0.2, -0.15) is 0 Å². The van der Waals surface area contributed by atoms with Gasteiger partial charge in [0.25, 0.3) is 5.56 Å². The number of fused-ring (bicyclic) bond motifs is 1. The molecule has 1 aromatic carbocycles. The Morgan fingerprint density at radius 2 is 2.08 bits per heavy atom. The van der Waals surface area contributed by atoms with Crippen molar-refractivity contribution in [3.8, 4) is 0 Å². The Labute approximate surface area is 143 Å². The zero-order valence-electron chi connectivity index (χ0n) is 13.2. The number of aromatic amines is 1. The SMILES string of the molecule is O=c1cc(CNS(=O)(=O)Cc2noc3ccccc23)nc(C2CC2)[nH]1. The molecular weight excluding hydrogens is 344 g/mol. The van der Waals surface area contributed by atoms with Crippen LogP contribution in [0.3, 0.4) is 0 Å². The van der Waals surface area contributed by atoms with Crippen LogP contribution in [0.4, 0.5) is 0 Å². The number of sulfonamides is 1. The van der Waals surface area contributed by atoms with E-state index in [4.69, 9.17) is 4.52 Å². The molecule has 4 rings (SSSR count). The number of para-hydroxylation sites is 1. The van der Waals surface area contributed by atoms with Crippen molar-refractivity contribution < 1.29 is 12.9 Å². The molecular formula is C16H16N4O4S. The molecule has 0 spiro atoms. The monoisotopic (exact) mass is 360 g/mol. The molecule has 25 heavy (non-hydrogen) atoms. The molecule has 8 nitrogen and oxygen atoms in total. The second-order valence-corrected chi connectivity index (χ2v) is 7.91. The van der Waals surface area contributed by atoms with Gasteiger partial charge in [-0.3, -0.25) is 4.79 Å². The number of nitrogens with zero attached hydrogens (tertiary/aromatic N) is 2. The molecule has 1 saturated carbocycles. The van der Waals surface area contributed by atoms with Gasteiger partial charge in [-0.15, -0.1) is 0 Å². The third-order valence-corrected chi connectivity index (χ3v) is 5.27. The number of aromatic nitrogens is 3. The van der Waals surface area contributed by atoms with Crippen LogP contribution in [0.2, 0.25) is 0 Å². The van der Waals surface area contributed by atoms with Gasteiger partial charge in [0, 0.05) is 17.4 Å². The van der Waals surface area contributed by atoms with E-state index in [9.17, 15) is 13.2 Å². The van der Waals surface area contributed by atoms with Crippen LogP contribution in [0.5, 0.6) is 0 Å². The third-order valence-electron chi connectivity index (χ3n) is 4.03. The van der Waals surface area contributed by atoms with E-state index in [2.05, 4.69) is 19.8 Å². The second-order valence-electron chi connectivity index (χ2n) is 6.10. The molecule has 2 N–H and O–H groups in total. The molecule has 130 valence electrons. The number of hydrogen-bond donors (Lipinski definition) is 2. The summed E-state index contributed by atoms with van der Waals surface area (Å²) in [6.07, 6.45) is 1.99. The lowest BCUT2D eigenvalue weighted by Crippen LogP contribution is -2.26. The summed E-state index contributed by atoms with van der Waals surface area (Å²) in [5.74, 6) is 0.609. The van der Waals surface area contributed by atoms with Gasteiger partial charge in [0.1, 0.15) is 17.3 Å². The summed E-state index contributed by atoms with van der Waals surface area (Å²) < 4.78 is 32.2. The fraction of sp³-hybridized carbons (Fsp3) is 0.312. The van der Waals surface area contributed by atoms with Gasteiger partial charge in [0.15, 0.2) is 5.58 Å². The summed E-state index contributed by atoms with van der Waals surface area (Å²) in [5.41, 5.74) is 1.02. The summed E-state index contributed by atoms with van der Waals surface area (Å²) in [7, 11) is -3.65. The third kappa shape index (κ3) is 3.62. The molecule has 1 fully saturated rings. The minimum atomic E-state index is -3.65. The molecule has 1 aliphatic rings. The van der Waals surface area contributed by atoms with E-state index in [0.29, 0.717) is 28.2 Å². The van der Waals surface area contributed by atoms with Crippen LogP contribution in [0, 0.1) is 0 Å². The van der Waals surface area contributed by atoms with Gasteiger partial charge >= 0.3 is 0 Å². The van der Waals surface area contributed by atoms with E-state index >= 15 is 0 Å². The lowest BCUT2D eigenvalue weighted by molar-refractivity contribution is 0.448. The summed E-state index contributed by atoms with van der Waals surface area (Å²) in [5, 5.41) is 4.50. The topological polar surface area (TPSA) is 118 Å². The highest BCUT2D eigenvalue weighted by Gasteiger charge is 2.26. The fourth-order valence-corrected chi connectivity index (χ4v) is 3.66. The zero-order valence-corrected chi connectivity index (χ0v) is 14.0. The molecule has 9 heteroatoms. The highest BCUT2D eigenvalue weighted by molar-refractivity contribution is 7.88. The van der Waals surface area contributed by atoms with Gasteiger partial charge in [-0.1, -0.05) is 17.3 Å². The van der Waals surface area contributed by atoms with Gasteiger partial charge in [-0.05, 0) is 25.0 Å². The first-order chi connectivity index (χ1) is 12.0. The average molecular weight is 360 g/mol. The van der Waals surface area contributed by atoms with Crippen molar-refractivity contribution in [2.24, 2.45) is 0 Å². The number of benzene rings is 1. The summed E-state index contributed by atoms with van der Waals surface area (Å²) in [6, 6.07) is 8.38. The minimum absolute atomic E-state index is 0.0399. The molecule has 1 aliphatic carbocycles. The van der Waals surface area contributed by atoms with Crippen molar-refractivity contribution in [2.45, 2.75) is 31.1 Å². The van der Waals surface area contributed by atoms with E-state index in [-0.39, 0.29) is 23.8 Å². The van der Waals surface area contributed by atoms with E-state index in [1.807, 2.05) is 0 Å². The Balaban J connectivity index is 1.49. The minimum Gasteiger partial charge on any atom is -0.356 e. The normalized spacial score (nSPS) is 14.9. The smallest absolute Gasteiger partial charge is 0.251 e. The first-order valence-electron chi connectivity index (χ1n) is 7.91. The Morgan fingerprint density at radius 1 is 1.28 bits per heavy atom. The van der Waals surface area contributed by atoms with Crippen molar-refractivity contribution in [3.05, 3.63) is 57.9 Å². The summed E-state index contributed by atoms with van der Waals surface area (Å²) in [6.45, 7) is -0.0399. The summed E-state index contributed by atoms with van der Waals surface area (Å²) in [4.78, 5) is 18.7. The van der Waals surface area contributed by atoms with Crippen molar-refractivity contribution >= 4 is 21.0 Å². The molecule has 0 amide bonds. The first kappa shape index (κ1) is 16.0. The second kappa shape index (κ2) is 6.08. The van der Waals surface area contributed by atoms with Gasteiger partial charge in [0.2, 0.25) is 10.0 Å². The van der Waals surface area contributed by atoms with Crippen molar-refractivity contribution in [1.29, 1.82) is 0 Å². The van der Waals surface area contributed by atoms with Crippen LogP contribution >= 0.6 is 0 Å². The largest absolute Gasteiger partial charge is 0.356 e. The van der Waals surface area contributed by atoms with Crippen molar-refractivity contribution in [3.63, 3.8) is 0 Å². The van der Waals surface area contributed by atoms with Crippen LogP contribution in [-0.4, -0.2) is 23.5 Å². The van der Waals surface area contributed by atoms with E-state index < -0.39 is 10.0 Å². The lowest BCUT2D eigenvalue weighted by Gasteiger charge is -2.06. The van der Waals surface area contributed by atoms with Crippen LogP contribution in [-0.2, 0) is 22.3 Å². The van der Waals surface area contributed by atoms with E-state index in [1.54, 1.807) is 24.3 Å². The van der Waals surface area contributed by atoms with Crippen LogP contribution in [0.25, 0.3) is 11.0 Å². The molecule has 0 radical (unpaired) electrons. The molecule has 0 aliphatic heterocycles. The fourth-order valence-electron chi connectivity index (χ4n) is 2.63. The van der Waals surface area contributed by atoms with Gasteiger partial charge in [-0.25, -0.2) is 18.1 Å². The number of hydrogen-bond acceptors (Lipinski definition) is 6. The van der Waals surface area contributed by atoms with Crippen LogP contribution in [0.1, 0.15) is 36.0 Å². The van der Waals surface area contributed by atoms with Gasteiger partial charge < -0.3 is 9.51 Å². The maximum Gasteiger partial charge on any atom is 0.251 e. The Hall–Kier alpha value is -2.52. The van der Waals surface area contributed by atoms with Crippen LogP contribution in [0.15, 0.2) is 39.6 Å². The predicted octanol–water partition coefficient (Wildman–Crippen LogP) is 1.41. The molecule has 0 atom stereocenters. The molecule has 0 bridgehead atoms. The van der Waals surface area contributed by atoms with Gasteiger partial charge in [0.05, 0.1) is 12.2 Å². The quantitative estimate of drug-likeness (QED) is 0.686. The Bertz CT molecular complexity index is 1080. The maximum atomic E-state index is 12.3. The maximum absolute atomic E-state index is 12.3. The Kier molecular flexibility index (Phi) is 3.89. The first-order valence-corrected chi connectivity index (χ1v) is 9.56. The van der Waals surface area contributed by atoms with Crippen molar-refractivity contribution in [1.82, 2.24) is 19.8 Å². The molecule has 0 unspecified atom stereocenters. The highest BCUT2D eigenvalue weighted by atomic mass is 32.2. The molecule has 0 saturated heterocycles. The number of H-pyrrole nitrogens is 1. The zero-order chi connectivity index (χ0) is 17.4. The van der Waals surface area contributed by atoms with Crippen LogP contribution < -0.4 is 10.3 Å². The number of nitrogens with one attached hydrogen (secondary N) is 2. The molecule has 2 heterocycles. The predicted molar refractivity (Wildman–Crippen MR) is 90.3 cm³/mol. The Morgan fingerprint density at radius 3 is 2.88 bits per heavy atom.